The molecule has 0 bridgehead atoms. The number of hydrogen-bond donors (Lipinski definition) is 1. The average molecular weight is 301 g/mol. The molecule has 0 aliphatic carbocycles. The van der Waals surface area contributed by atoms with Crippen LogP contribution in [-0.4, -0.2) is 17.0 Å². The molecule has 2 unspecified atom stereocenters. The van der Waals surface area contributed by atoms with E-state index in [1.165, 1.54) is 5.56 Å². The number of hydrogen-bond acceptors (Lipinski definition) is 2. The quantitative estimate of drug-likeness (QED) is 0.923. The zero-order valence-electron chi connectivity index (χ0n) is 10.9. The van der Waals surface area contributed by atoms with Crippen LogP contribution in [0.1, 0.15) is 32.8 Å². The van der Waals surface area contributed by atoms with Gasteiger partial charge in [0.2, 0.25) is 0 Å². The van der Waals surface area contributed by atoms with E-state index < -0.39 is 0 Å². The number of aliphatic hydroxyl groups excluding tert-OH is 1. The second kappa shape index (κ2) is 8.43. The molecule has 0 fully saturated rings. The molecular formula is C14H21BrO2. The molecule has 2 nitrogen and oxygen atoms in total. The SMILES string of the molecule is CC(=O)CC(C)C(C)O.Cc1ccc(Br)cc1. The van der Waals surface area contributed by atoms with Crippen LogP contribution in [0.25, 0.3) is 0 Å². The molecule has 0 spiro atoms. The number of ketones is 1. The van der Waals surface area contributed by atoms with Crippen molar-refractivity contribution in [2.45, 2.75) is 40.2 Å². The fourth-order valence-corrected chi connectivity index (χ4v) is 1.42. The third kappa shape index (κ3) is 9.07. The molecular weight excluding hydrogens is 280 g/mol. The lowest BCUT2D eigenvalue weighted by molar-refractivity contribution is -0.118. The minimum atomic E-state index is -0.367. The number of aryl methyl sites for hydroxylation is 1. The maximum atomic E-state index is 10.4. The Bertz CT molecular complexity index is 310. The number of aliphatic hydroxyl groups is 1. The van der Waals surface area contributed by atoms with Crippen LogP contribution >= 0.6 is 15.9 Å². The van der Waals surface area contributed by atoms with Gasteiger partial charge in [-0.05, 0) is 38.8 Å². The minimum absolute atomic E-state index is 0.0995. The Hall–Kier alpha value is -0.670. The van der Waals surface area contributed by atoms with Crippen molar-refractivity contribution >= 4 is 21.7 Å². The summed E-state index contributed by atoms with van der Waals surface area (Å²) in [4.78, 5) is 10.4. The zero-order valence-corrected chi connectivity index (χ0v) is 12.5. The highest BCUT2D eigenvalue weighted by Gasteiger charge is 2.09. The third-order valence-electron chi connectivity index (χ3n) is 2.44. The Labute approximate surface area is 112 Å². The molecule has 0 saturated carbocycles. The van der Waals surface area contributed by atoms with Crippen LogP contribution in [0.3, 0.4) is 0 Å². The van der Waals surface area contributed by atoms with Gasteiger partial charge in [-0.3, -0.25) is 0 Å². The van der Waals surface area contributed by atoms with Crippen LogP contribution in [-0.2, 0) is 4.79 Å². The van der Waals surface area contributed by atoms with Gasteiger partial charge in [0.15, 0.2) is 0 Å². The van der Waals surface area contributed by atoms with Crippen molar-refractivity contribution in [3.8, 4) is 0 Å². The number of halogens is 1. The van der Waals surface area contributed by atoms with Gasteiger partial charge in [-0.25, -0.2) is 0 Å². The van der Waals surface area contributed by atoms with E-state index in [4.69, 9.17) is 5.11 Å². The Morgan fingerprint density at radius 1 is 1.29 bits per heavy atom. The van der Waals surface area contributed by atoms with E-state index >= 15 is 0 Å². The van der Waals surface area contributed by atoms with Crippen LogP contribution in [0.15, 0.2) is 28.7 Å². The van der Waals surface area contributed by atoms with E-state index in [0.717, 1.165) is 4.47 Å². The van der Waals surface area contributed by atoms with Crippen molar-refractivity contribution in [1.82, 2.24) is 0 Å². The first kappa shape index (κ1) is 16.3. The summed E-state index contributed by atoms with van der Waals surface area (Å²) in [7, 11) is 0. The Kier molecular flexibility index (Phi) is 8.09. The number of carbonyl (C=O) groups excluding carboxylic acids is 1. The Morgan fingerprint density at radius 3 is 2.00 bits per heavy atom. The number of Topliss-reactive ketones (excluding diaryl/α,β-unsaturated/α-hetero) is 1. The Balaban J connectivity index is 0.000000302. The number of carbonyl (C=O) groups is 1. The van der Waals surface area contributed by atoms with E-state index in [1.54, 1.807) is 13.8 Å². The van der Waals surface area contributed by atoms with Gasteiger partial charge in [-0.2, -0.15) is 0 Å². The van der Waals surface area contributed by atoms with Crippen LogP contribution in [0.4, 0.5) is 0 Å². The van der Waals surface area contributed by atoms with Gasteiger partial charge in [0.05, 0.1) is 6.10 Å². The highest BCUT2D eigenvalue weighted by atomic mass is 79.9. The lowest BCUT2D eigenvalue weighted by Crippen LogP contribution is -2.15. The highest BCUT2D eigenvalue weighted by molar-refractivity contribution is 9.10. The van der Waals surface area contributed by atoms with Crippen LogP contribution in [0.5, 0.6) is 0 Å². The number of benzene rings is 1. The van der Waals surface area contributed by atoms with E-state index in [0.29, 0.717) is 6.42 Å². The van der Waals surface area contributed by atoms with Crippen LogP contribution in [0, 0.1) is 12.8 Å². The molecule has 0 aliphatic heterocycles. The molecule has 1 rings (SSSR count). The van der Waals surface area contributed by atoms with Gasteiger partial charge < -0.3 is 9.90 Å². The van der Waals surface area contributed by atoms with Crippen molar-refractivity contribution in [2.75, 3.05) is 0 Å². The maximum Gasteiger partial charge on any atom is 0.130 e. The van der Waals surface area contributed by atoms with Crippen molar-refractivity contribution in [2.24, 2.45) is 5.92 Å². The lowest BCUT2D eigenvalue weighted by atomic mass is 10.0. The highest BCUT2D eigenvalue weighted by Crippen LogP contribution is 2.08. The molecule has 0 aromatic heterocycles. The minimum Gasteiger partial charge on any atom is -0.393 e. The van der Waals surface area contributed by atoms with Gasteiger partial charge >= 0.3 is 0 Å². The fourth-order valence-electron chi connectivity index (χ4n) is 1.16. The van der Waals surface area contributed by atoms with Gasteiger partial charge in [0, 0.05) is 10.9 Å². The molecule has 1 aromatic carbocycles. The van der Waals surface area contributed by atoms with Gasteiger partial charge in [0.1, 0.15) is 5.78 Å². The first-order valence-corrected chi connectivity index (χ1v) is 6.52. The van der Waals surface area contributed by atoms with Crippen molar-refractivity contribution in [3.05, 3.63) is 34.3 Å². The van der Waals surface area contributed by atoms with Crippen molar-refractivity contribution < 1.29 is 9.90 Å². The topological polar surface area (TPSA) is 37.3 Å². The van der Waals surface area contributed by atoms with Crippen molar-refractivity contribution in [3.63, 3.8) is 0 Å². The third-order valence-corrected chi connectivity index (χ3v) is 2.97. The van der Waals surface area contributed by atoms with Gasteiger partial charge in [-0.1, -0.05) is 40.5 Å². The van der Waals surface area contributed by atoms with Gasteiger partial charge in [-0.15, -0.1) is 0 Å². The molecule has 0 saturated heterocycles. The second-order valence-electron chi connectivity index (χ2n) is 4.42. The molecule has 0 aliphatic rings. The van der Waals surface area contributed by atoms with E-state index in [2.05, 4.69) is 35.0 Å². The monoisotopic (exact) mass is 300 g/mol. The van der Waals surface area contributed by atoms with Crippen LogP contribution in [0.2, 0.25) is 0 Å². The zero-order chi connectivity index (χ0) is 13.4. The summed E-state index contributed by atoms with van der Waals surface area (Å²) >= 11 is 3.35. The molecule has 2 atom stereocenters. The molecule has 1 N–H and O–H groups in total. The summed E-state index contributed by atoms with van der Waals surface area (Å²) in [5.74, 6) is 0.242. The summed E-state index contributed by atoms with van der Waals surface area (Å²) in [6.07, 6.45) is 0.117. The molecule has 17 heavy (non-hydrogen) atoms. The van der Waals surface area contributed by atoms with Crippen molar-refractivity contribution in [1.29, 1.82) is 0 Å². The molecule has 96 valence electrons. The predicted molar refractivity (Wildman–Crippen MR) is 75.0 cm³/mol. The summed E-state index contributed by atoms with van der Waals surface area (Å²) in [6, 6.07) is 8.22. The molecule has 0 heterocycles. The number of rotatable bonds is 3. The molecule has 0 radical (unpaired) electrons. The second-order valence-corrected chi connectivity index (χ2v) is 5.34. The Morgan fingerprint density at radius 2 is 1.76 bits per heavy atom. The predicted octanol–water partition coefficient (Wildman–Crippen LogP) is 3.74. The first-order valence-electron chi connectivity index (χ1n) is 5.72. The average Bonchev–Trinajstić information content (AvgIpc) is 2.22. The summed E-state index contributed by atoms with van der Waals surface area (Å²) in [6.45, 7) is 7.19. The summed E-state index contributed by atoms with van der Waals surface area (Å²) in [5.41, 5.74) is 1.30. The largest absolute Gasteiger partial charge is 0.393 e. The van der Waals surface area contributed by atoms with E-state index in [9.17, 15) is 4.79 Å². The summed E-state index contributed by atoms with van der Waals surface area (Å²) in [5, 5.41) is 8.92. The maximum absolute atomic E-state index is 10.4. The lowest BCUT2D eigenvalue weighted by Gasteiger charge is -2.11. The van der Waals surface area contributed by atoms with E-state index in [1.807, 2.05) is 19.1 Å². The smallest absolute Gasteiger partial charge is 0.130 e. The molecule has 3 heteroatoms. The first-order chi connectivity index (χ1) is 7.82. The normalized spacial score (nSPS) is 13.3. The van der Waals surface area contributed by atoms with Gasteiger partial charge in [0.25, 0.3) is 0 Å². The standard InChI is InChI=1S/C7H7Br.C7H14O2/c1-6-2-4-7(8)5-3-6;1-5(7(3)9)4-6(2)8/h2-5H,1H3;5,7,9H,4H2,1-3H3. The summed E-state index contributed by atoms with van der Waals surface area (Å²) < 4.78 is 1.14. The van der Waals surface area contributed by atoms with Crippen LogP contribution < -0.4 is 0 Å². The fraction of sp³-hybridized carbons (Fsp3) is 0.500. The molecule has 0 amide bonds. The van der Waals surface area contributed by atoms with E-state index in [-0.39, 0.29) is 17.8 Å². The molecule has 1 aromatic rings.